The summed E-state index contributed by atoms with van der Waals surface area (Å²) in [7, 11) is 1.54. The molecule has 0 saturated carbocycles. The van der Waals surface area contributed by atoms with Crippen LogP contribution in [0.1, 0.15) is 27.9 Å². The van der Waals surface area contributed by atoms with Gasteiger partial charge in [0.2, 0.25) is 0 Å². The number of carboxylic acid groups (broad SMARTS) is 1. The molecule has 0 aliphatic heterocycles. The number of rotatable bonds is 5. The van der Waals surface area contributed by atoms with Crippen LogP contribution >= 0.6 is 0 Å². The van der Waals surface area contributed by atoms with Crippen molar-refractivity contribution in [2.24, 2.45) is 12.8 Å². The number of amides is 1. The van der Waals surface area contributed by atoms with Crippen molar-refractivity contribution < 1.29 is 14.7 Å². The predicted molar refractivity (Wildman–Crippen MR) is 60.8 cm³/mol. The molecule has 0 atom stereocenters. The molecule has 1 rings (SSSR count). The van der Waals surface area contributed by atoms with E-state index in [-0.39, 0.29) is 17.3 Å². The molecule has 0 radical (unpaired) electrons. The normalized spacial score (nSPS) is 10.3. The van der Waals surface area contributed by atoms with Gasteiger partial charge in [-0.3, -0.25) is 9.48 Å². The van der Waals surface area contributed by atoms with Gasteiger partial charge in [0.05, 0.1) is 0 Å². The summed E-state index contributed by atoms with van der Waals surface area (Å²) < 4.78 is 1.27. The van der Waals surface area contributed by atoms with Crippen molar-refractivity contribution >= 4 is 11.9 Å². The molecule has 3 N–H and O–H groups in total. The highest BCUT2D eigenvalue weighted by atomic mass is 16.4. The molecular formula is C10H16N4O3. The second kappa shape index (κ2) is 5.44. The largest absolute Gasteiger partial charge is 0.476 e. The summed E-state index contributed by atoms with van der Waals surface area (Å²) in [6.45, 7) is 3.15. The standard InChI is InChI=1S/C10H16N4O3/c1-3-14(5-4-11)9(15)8-6-7(10(16)17)12-13(8)2/h6H,3-5,11H2,1-2H3,(H,16,17). The fourth-order valence-electron chi connectivity index (χ4n) is 1.49. The number of likely N-dealkylation sites (N-methyl/N-ethyl adjacent to an activating group) is 1. The number of carbonyl (C=O) groups excluding carboxylic acids is 1. The minimum atomic E-state index is -1.15. The fraction of sp³-hybridized carbons (Fsp3) is 0.500. The lowest BCUT2D eigenvalue weighted by Crippen LogP contribution is -2.36. The Morgan fingerprint density at radius 3 is 2.65 bits per heavy atom. The Hall–Kier alpha value is -1.89. The van der Waals surface area contributed by atoms with Crippen LogP contribution in [0.15, 0.2) is 6.07 Å². The number of aryl methyl sites for hydroxylation is 1. The lowest BCUT2D eigenvalue weighted by Gasteiger charge is -2.19. The molecule has 1 heterocycles. The number of aromatic nitrogens is 2. The lowest BCUT2D eigenvalue weighted by molar-refractivity contribution is 0.0688. The first-order valence-electron chi connectivity index (χ1n) is 5.28. The average Bonchev–Trinajstić information content (AvgIpc) is 2.67. The van der Waals surface area contributed by atoms with E-state index in [1.165, 1.54) is 17.8 Å². The number of carboxylic acids is 1. The van der Waals surface area contributed by atoms with Crippen LogP contribution in [-0.2, 0) is 7.05 Å². The van der Waals surface area contributed by atoms with E-state index in [1.807, 2.05) is 6.92 Å². The monoisotopic (exact) mass is 240 g/mol. The second-order valence-electron chi connectivity index (χ2n) is 3.52. The molecule has 0 bridgehead atoms. The molecule has 0 fully saturated rings. The van der Waals surface area contributed by atoms with Crippen LogP contribution in [0.5, 0.6) is 0 Å². The molecule has 1 amide bonds. The van der Waals surface area contributed by atoms with Gasteiger partial charge in [0.25, 0.3) is 5.91 Å². The van der Waals surface area contributed by atoms with E-state index in [2.05, 4.69) is 5.10 Å². The molecule has 1 aromatic heterocycles. The van der Waals surface area contributed by atoms with E-state index in [0.29, 0.717) is 19.6 Å². The van der Waals surface area contributed by atoms with Crippen molar-refractivity contribution in [2.75, 3.05) is 19.6 Å². The van der Waals surface area contributed by atoms with Gasteiger partial charge in [-0.2, -0.15) is 5.10 Å². The van der Waals surface area contributed by atoms with Crippen LogP contribution in [0.3, 0.4) is 0 Å². The average molecular weight is 240 g/mol. The summed E-state index contributed by atoms with van der Waals surface area (Å²) in [6, 6.07) is 1.27. The molecule has 0 aromatic carbocycles. The summed E-state index contributed by atoms with van der Waals surface area (Å²) in [6.07, 6.45) is 0. The Morgan fingerprint density at radius 1 is 1.59 bits per heavy atom. The zero-order chi connectivity index (χ0) is 13.0. The lowest BCUT2D eigenvalue weighted by atomic mass is 10.3. The van der Waals surface area contributed by atoms with Gasteiger partial charge >= 0.3 is 5.97 Å². The minimum Gasteiger partial charge on any atom is -0.476 e. The SMILES string of the molecule is CCN(CCN)C(=O)c1cc(C(=O)O)nn1C. The zero-order valence-electron chi connectivity index (χ0n) is 9.88. The first kappa shape index (κ1) is 13.2. The summed E-state index contributed by atoms with van der Waals surface area (Å²) in [5.74, 6) is -1.41. The van der Waals surface area contributed by atoms with Gasteiger partial charge in [-0.05, 0) is 6.92 Å². The van der Waals surface area contributed by atoms with Crippen LogP contribution in [0.25, 0.3) is 0 Å². The number of nitrogens with zero attached hydrogens (tertiary/aromatic N) is 3. The quantitative estimate of drug-likeness (QED) is 0.725. The van der Waals surface area contributed by atoms with E-state index >= 15 is 0 Å². The van der Waals surface area contributed by atoms with Gasteiger partial charge in [0, 0.05) is 32.7 Å². The maximum Gasteiger partial charge on any atom is 0.356 e. The van der Waals surface area contributed by atoms with Gasteiger partial charge in [0.15, 0.2) is 5.69 Å². The number of carbonyl (C=O) groups is 2. The fourth-order valence-corrected chi connectivity index (χ4v) is 1.49. The first-order valence-corrected chi connectivity index (χ1v) is 5.28. The highest BCUT2D eigenvalue weighted by molar-refractivity contribution is 5.95. The molecular weight excluding hydrogens is 224 g/mol. The Bertz CT molecular complexity index is 427. The van der Waals surface area contributed by atoms with Crippen LogP contribution in [0.2, 0.25) is 0 Å². The van der Waals surface area contributed by atoms with Crippen molar-refractivity contribution in [1.82, 2.24) is 14.7 Å². The third kappa shape index (κ3) is 2.82. The highest BCUT2D eigenvalue weighted by Crippen LogP contribution is 2.07. The van der Waals surface area contributed by atoms with E-state index in [9.17, 15) is 9.59 Å². The van der Waals surface area contributed by atoms with E-state index < -0.39 is 5.97 Å². The van der Waals surface area contributed by atoms with E-state index in [1.54, 1.807) is 4.90 Å². The van der Waals surface area contributed by atoms with E-state index in [0.717, 1.165) is 0 Å². The molecule has 7 nitrogen and oxygen atoms in total. The molecule has 7 heteroatoms. The van der Waals surface area contributed by atoms with Crippen LogP contribution in [0, 0.1) is 0 Å². The smallest absolute Gasteiger partial charge is 0.356 e. The van der Waals surface area contributed by atoms with Gasteiger partial charge in [0.1, 0.15) is 5.69 Å². The summed E-state index contributed by atoms with van der Waals surface area (Å²) in [4.78, 5) is 24.3. The number of hydrogen-bond donors (Lipinski definition) is 2. The van der Waals surface area contributed by atoms with Gasteiger partial charge in [-0.25, -0.2) is 4.79 Å². The van der Waals surface area contributed by atoms with Crippen molar-refractivity contribution in [2.45, 2.75) is 6.92 Å². The summed E-state index contributed by atoms with van der Waals surface area (Å²) in [5, 5.41) is 12.5. The van der Waals surface area contributed by atoms with Crippen molar-refractivity contribution in [1.29, 1.82) is 0 Å². The predicted octanol–water partition coefficient (Wildman–Crippen LogP) is -0.461. The molecule has 0 spiro atoms. The zero-order valence-corrected chi connectivity index (χ0v) is 9.88. The number of hydrogen-bond acceptors (Lipinski definition) is 4. The van der Waals surface area contributed by atoms with E-state index in [4.69, 9.17) is 10.8 Å². The Morgan fingerprint density at radius 2 is 2.24 bits per heavy atom. The van der Waals surface area contributed by atoms with Gasteiger partial charge < -0.3 is 15.7 Å². The van der Waals surface area contributed by atoms with Crippen LogP contribution in [-0.4, -0.2) is 51.3 Å². The maximum absolute atomic E-state index is 12.0. The molecule has 0 unspecified atom stereocenters. The molecule has 94 valence electrons. The Labute approximate surface area is 98.8 Å². The molecule has 17 heavy (non-hydrogen) atoms. The molecule has 0 saturated heterocycles. The molecule has 0 aliphatic carbocycles. The Balaban J connectivity index is 2.98. The molecule has 1 aromatic rings. The highest BCUT2D eigenvalue weighted by Gasteiger charge is 2.20. The molecule has 0 aliphatic rings. The summed E-state index contributed by atoms with van der Waals surface area (Å²) in [5.41, 5.74) is 5.51. The summed E-state index contributed by atoms with van der Waals surface area (Å²) >= 11 is 0. The Kier molecular flexibility index (Phi) is 4.22. The van der Waals surface area contributed by atoms with Crippen molar-refractivity contribution in [3.05, 3.63) is 17.5 Å². The maximum atomic E-state index is 12.0. The van der Waals surface area contributed by atoms with Crippen molar-refractivity contribution in [3.63, 3.8) is 0 Å². The van der Waals surface area contributed by atoms with Gasteiger partial charge in [-0.15, -0.1) is 0 Å². The third-order valence-electron chi connectivity index (χ3n) is 2.39. The first-order chi connectivity index (χ1) is 8.01. The van der Waals surface area contributed by atoms with Crippen LogP contribution in [0.4, 0.5) is 0 Å². The van der Waals surface area contributed by atoms with Gasteiger partial charge in [-0.1, -0.05) is 0 Å². The number of nitrogens with two attached hydrogens (primary N) is 1. The number of aromatic carboxylic acids is 1. The second-order valence-corrected chi connectivity index (χ2v) is 3.52. The van der Waals surface area contributed by atoms with Crippen molar-refractivity contribution in [3.8, 4) is 0 Å². The third-order valence-corrected chi connectivity index (χ3v) is 2.39. The minimum absolute atomic E-state index is 0.139. The topological polar surface area (TPSA) is 101 Å². The van der Waals surface area contributed by atoms with Crippen LogP contribution < -0.4 is 5.73 Å².